The molecule has 9 nitrogen and oxygen atoms in total. The Hall–Kier alpha value is -4.38. The maximum atomic E-state index is 14.8. The first-order valence-electron chi connectivity index (χ1n) is 11.2. The Morgan fingerprint density at radius 1 is 1.08 bits per heavy atom. The summed E-state index contributed by atoms with van der Waals surface area (Å²) < 4.78 is 29.4. The number of hydrogen-bond donors (Lipinski definition) is 4. The van der Waals surface area contributed by atoms with Gasteiger partial charge in [-0.1, -0.05) is 6.58 Å². The van der Waals surface area contributed by atoms with Gasteiger partial charge in [-0.2, -0.15) is 4.98 Å². The summed E-state index contributed by atoms with van der Waals surface area (Å²) in [6, 6.07) is 8.53. The lowest BCUT2D eigenvalue weighted by atomic mass is 10.1. The molecule has 0 aliphatic carbocycles. The van der Waals surface area contributed by atoms with Gasteiger partial charge in [0.15, 0.2) is 0 Å². The van der Waals surface area contributed by atoms with Crippen LogP contribution in [-0.4, -0.2) is 60.2 Å². The van der Waals surface area contributed by atoms with Crippen LogP contribution in [0.5, 0.6) is 0 Å². The van der Waals surface area contributed by atoms with E-state index in [9.17, 15) is 13.6 Å². The third-order valence-electron chi connectivity index (χ3n) is 5.84. The van der Waals surface area contributed by atoms with Crippen molar-refractivity contribution in [3.05, 3.63) is 66.3 Å². The van der Waals surface area contributed by atoms with Crippen molar-refractivity contribution in [1.29, 1.82) is 5.41 Å². The van der Waals surface area contributed by atoms with Gasteiger partial charge in [0.05, 0.1) is 16.9 Å². The molecule has 186 valence electrons. The second-order valence-electron chi connectivity index (χ2n) is 8.31. The van der Waals surface area contributed by atoms with Crippen molar-refractivity contribution in [1.82, 2.24) is 14.9 Å². The number of carbonyl (C=O) groups is 1. The van der Waals surface area contributed by atoms with Crippen molar-refractivity contribution in [2.45, 2.75) is 0 Å². The number of anilines is 5. The smallest absolute Gasteiger partial charge is 0.247 e. The standard InChI is InChI=1S/C25H26F2N8O/c1-3-22(36)30-15-4-6-19(26)17(12-15)23-18(14-28)24(29)33-25(32-23)31-16-5-7-20(27)21(13-16)35-10-8-34(2)9-11-35/h3-7,12-14,28H,1,8-11H2,2H3,(H,30,36)(H3,29,31,32,33). The number of likely N-dealkylation sites (N-methyl/N-ethyl adjacent to an activating group) is 1. The van der Waals surface area contributed by atoms with Crippen LogP contribution in [0.15, 0.2) is 49.1 Å². The zero-order chi connectivity index (χ0) is 25.8. The van der Waals surface area contributed by atoms with E-state index in [2.05, 4.69) is 32.1 Å². The molecule has 0 saturated carbocycles. The number of carbonyl (C=O) groups excluding carboxylic acids is 1. The second-order valence-corrected chi connectivity index (χ2v) is 8.31. The first-order chi connectivity index (χ1) is 17.3. The molecule has 1 saturated heterocycles. The molecule has 0 spiro atoms. The molecule has 1 aliphatic heterocycles. The van der Waals surface area contributed by atoms with Gasteiger partial charge < -0.3 is 31.6 Å². The lowest BCUT2D eigenvalue weighted by Crippen LogP contribution is -2.44. The molecular weight excluding hydrogens is 466 g/mol. The first-order valence-corrected chi connectivity index (χ1v) is 11.2. The van der Waals surface area contributed by atoms with Crippen LogP contribution in [0, 0.1) is 17.0 Å². The highest BCUT2D eigenvalue weighted by molar-refractivity contribution is 6.00. The predicted octanol–water partition coefficient (Wildman–Crippen LogP) is 3.62. The lowest BCUT2D eigenvalue weighted by Gasteiger charge is -2.34. The van der Waals surface area contributed by atoms with Crippen LogP contribution in [0.3, 0.4) is 0 Å². The van der Waals surface area contributed by atoms with Gasteiger partial charge in [0.25, 0.3) is 0 Å². The molecule has 2 heterocycles. The molecule has 0 bridgehead atoms. The van der Waals surface area contributed by atoms with E-state index in [0.29, 0.717) is 30.2 Å². The summed E-state index contributed by atoms with van der Waals surface area (Å²) in [5, 5.41) is 13.3. The third-order valence-corrected chi connectivity index (χ3v) is 5.84. The van der Waals surface area contributed by atoms with Crippen LogP contribution < -0.4 is 21.3 Å². The fraction of sp³-hybridized carbons (Fsp3) is 0.200. The number of benzene rings is 2. The van der Waals surface area contributed by atoms with Gasteiger partial charge in [0, 0.05) is 49.3 Å². The van der Waals surface area contributed by atoms with E-state index in [1.165, 1.54) is 24.3 Å². The third kappa shape index (κ3) is 5.31. The molecule has 1 aliphatic rings. The molecule has 1 fully saturated rings. The Bertz CT molecular complexity index is 1320. The van der Waals surface area contributed by atoms with E-state index >= 15 is 0 Å². The average molecular weight is 493 g/mol. The number of nitrogens with two attached hydrogens (primary N) is 1. The fourth-order valence-electron chi connectivity index (χ4n) is 3.88. The van der Waals surface area contributed by atoms with Crippen LogP contribution in [0.1, 0.15) is 5.56 Å². The van der Waals surface area contributed by atoms with Crippen molar-refractivity contribution in [2.24, 2.45) is 0 Å². The fourth-order valence-corrected chi connectivity index (χ4v) is 3.88. The number of aromatic nitrogens is 2. The largest absolute Gasteiger partial charge is 0.383 e. The number of rotatable bonds is 7. The highest BCUT2D eigenvalue weighted by Gasteiger charge is 2.20. The Balaban J connectivity index is 1.69. The number of piperazine rings is 1. The molecule has 0 atom stereocenters. The van der Waals surface area contributed by atoms with Crippen molar-refractivity contribution in [2.75, 3.05) is 54.5 Å². The summed E-state index contributed by atoms with van der Waals surface area (Å²) in [6.45, 7) is 6.43. The van der Waals surface area contributed by atoms with Crippen LogP contribution in [0.25, 0.3) is 11.3 Å². The Morgan fingerprint density at radius 2 is 1.78 bits per heavy atom. The van der Waals surface area contributed by atoms with Crippen LogP contribution >= 0.6 is 0 Å². The number of nitrogen functional groups attached to an aromatic ring is 1. The van der Waals surface area contributed by atoms with E-state index in [4.69, 9.17) is 11.1 Å². The highest BCUT2D eigenvalue weighted by Crippen LogP contribution is 2.31. The number of nitrogens with zero attached hydrogens (tertiary/aromatic N) is 4. The quantitative estimate of drug-likeness (QED) is 0.293. The van der Waals surface area contributed by atoms with Gasteiger partial charge in [-0.25, -0.2) is 13.8 Å². The summed E-state index contributed by atoms with van der Waals surface area (Å²) in [7, 11) is 2.02. The number of amides is 1. The molecule has 2 aromatic carbocycles. The van der Waals surface area contributed by atoms with Gasteiger partial charge in [-0.05, 0) is 49.5 Å². The minimum atomic E-state index is -0.627. The number of hydrogen-bond acceptors (Lipinski definition) is 8. The molecule has 11 heteroatoms. The summed E-state index contributed by atoms with van der Waals surface area (Å²) >= 11 is 0. The monoisotopic (exact) mass is 492 g/mol. The Kier molecular flexibility index (Phi) is 7.20. The number of nitrogens with one attached hydrogen (secondary N) is 3. The van der Waals surface area contributed by atoms with Gasteiger partial charge in [-0.15, -0.1) is 0 Å². The minimum absolute atomic E-state index is 0.0183. The number of halogens is 2. The molecule has 1 aromatic heterocycles. The lowest BCUT2D eigenvalue weighted by molar-refractivity contribution is -0.111. The molecule has 36 heavy (non-hydrogen) atoms. The summed E-state index contributed by atoms with van der Waals surface area (Å²) in [5.41, 5.74) is 7.56. The Morgan fingerprint density at radius 3 is 2.47 bits per heavy atom. The molecule has 0 radical (unpaired) electrons. The predicted molar refractivity (Wildman–Crippen MR) is 138 cm³/mol. The Labute approximate surface area is 207 Å². The molecular formula is C25H26F2N8O. The van der Waals surface area contributed by atoms with Gasteiger partial charge in [0.1, 0.15) is 17.5 Å². The molecule has 0 unspecified atom stereocenters. The molecule has 4 rings (SSSR count). The van der Waals surface area contributed by atoms with Crippen LogP contribution in [-0.2, 0) is 4.79 Å². The average Bonchev–Trinajstić information content (AvgIpc) is 2.86. The SMILES string of the molecule is C=CC(=O)Nc1ccc(F)c(-c2nc(Nc3ccc(F)c(N4CCN(C)CC4)c3)nc(N)c2C=N)c1. The second kappa shape index (κ2) is 10.5. The highest BCUT2D eigenvalue weighted by atomic mass is 19.1. The van der Waals surface area contributed by atoms with Gasteiger partial charge in [0.2, 0.25) is 11.9 Å². The molecule has 5 N–H and O–H groups in total. The van der Waals surface area contributed by atoms with E-state index in [-0.39, 0.29) is 34.4 Å². The molecule has 3 aromatic rings. The topological polar surface area (TPSA) is 123 Å². The van der Waals surface area contributed by atoms with E-state index in [0.717, 1.165) is 25.4 Å². The first kappa shape index (κ1) is 24.7. The van der Waals surface area contributed by atoms with E-state index in [1.807, 2.05) is 11.9 Å². The minimum Gasteiger partial charge on any atom is -0.383 e. The van der Waals surface area contributed by atoms with Crippen molar-refractivity contribution in [3.63, 3.8) is 0 Å². The summed E-state index contributed by atoms with van der Waals surface area (Å²) in [6.07, 6.45) is 2.03. The zero-order valence-electron chi connectivity index (χ0n) is 19.7. The van der Waals surface area contributed by atoms with Crippen molar-refractivity contribution < 1.29 is 13.6 Å². The van der Waals surface area contributed by atoms with Gasteiger partial charge in [-0.3, -0.25) is 4.79 Å². The normalized spacial score (nSPS) is 13.8. The molecule has 1 amide bonds. The van der Waals surface area contributed by atoms with E-state index < -0.39 is 11.7 Å². The van der Waals surface area contributed by atoms with Gasteiger partial charge >= 0.3 is 0 Å². The van der Waals surface area contributed by atoms with Crippen molar-refractivity contribution in [3.8, 4) is 11.3 Å². The van der Waals surface area contributed by atoms with E-state index in [1.54, 1.807) is 12.1 Å². The summed E-state index contributed by atoms with van der Waals surface area (Å²) in [4.78, 5) is 24.4. The van der Waals surface area contributed by atoms with Crippen molar-refractivity contribution >= 4 is 41.0 Å². The van der Waals surface area contributed by atoms with Crippen LogP contribution in [0.2, 0.25) is 0 Å². The maximum absolute atomic E-state index is 14.8. The summed E-state index contributed by atoms with van der Waals surface area (Å²) in [5.74, 6) is -1.43. The maximum Gasteiger partial charge on any atom is 0.247 e. The van der Waals surface area contributed by atoms with Crippen LogP contribution in [0.4, 0.5) is 37.6 Å². The zero-order valence-corrected chi connectivity index (χ0v) is 19.7.